The molecule has 0 spiro atoms. The van der Waals surface area contributed by atoms with Crippen molar-refractivity contribution in [3.05, 3.63) is 5.21 Å². The van der Waals surface area contributed by atoms with Gasteiger partial charge >= 0.3 is 0 Å². The minimum absolute atomic E-state index is 2.25. The van der Waals surface area contributed by atoms with Gasteiger partial charge < -0.3 is 5.21 Å². The topological polar surface area (TPSA) is 26.3 Å². The van der Waals surface area contributed by atoms with Gasteiger partial charge in [0, 0.05) is 0 Å². The summed E-state index contributed by atoms with van der Waals surface area (Å²) in [7, 11) is 0. The lowest BCUT2D eigenvalue weighted by atomic mass is 13.3. The van der Waals surface area contributed by atoms with E-state index < -0.39 is 5.51 Å². The number of halogens is 2. The first-order valence-electron chi connectivity index (χ1n) is 0.521. The van der Waals surface area contributed by atoms with Crippen LogP contribution in [0.3, 0.4) is 0 Å². The number of rotatable bonds is 0. The normalized spacial score (nSPS) is 9.00. The molecule has 0 rings (SSSR count). The Labute approximate surface area is 21.1 Å². The molecule has 0 N–H and O–H groups in total. The van der Waals surface area contributed by atoms with Crippen LogP contribution >= 0.6 is 0 Å². The predicted octanol–water partition coefficient (Wildman–Crippen LogP) is 0.555. The fraction of sp³-hybridized carbons (Fsp3) is 0. The Bertz CT molecular complexity index is 10.8. The van der Waals surface area contributed by atoms with E-state index in [1.54, 1.807) is 0 Å². The molecule has 0 saturated carbocycles. The van der Waals surface area contributed by atoms with Gasteiger partial charge in [-0.1, -0.05) is 0 Å². The Kier molecular flexibility index (Phi) is 1.08. The average Bonchev–Trinajstić information content (AvgIpc) is 0.811. The van der Waals surface area contributed by atoms with Crippen LogP contribution in [0.4, 0.5) is 8.96 Å². The lowest BCUT2D eigenvalue weighted by Crippen LogP contribution is -1.78. The van der Waals surface area contributed by atoms with Gasteiger partial charge in [-0.3, -0.25) is 0 Å². The summed E-state index contributed by atoms with van der Waals surface area (Å²) in [5, 5.41) is 8.03. The van der Waals surface area contributed by atoms with Crippen molar-refractivity contribution in [1.82, 2.24) is 5.51 Å². The Morgan fingerprint density at radius 1 is 1.50 bits per heavy atom. The van der Waals surface area contributed by atoms with Gasteiger partial charge in [0.1, 0.15) is 0 Å². The highest BCUT2D eigenvalue weighted by molar-refractivity contribution is 4.03. The van der Waals surface area contributed by atoms with Crippen LogP contribution in [0, 0.1) is 5.21 Å². The standard InChI is InChI=1S/F2NO/c1-3(2)4/q-1. The third kappa shape index (κ3) is 22.4. The quantitative estimate of drug-likeness (QED) is 0.306. The maximum absolute atomic E-state index is 9.61. The molecule has 0 unspecified atom stereocenters. The van der Waals surface area contributed by atoms with E-state index in [4.69, 9.17) is 5.21 Å². The van der Waals surface area contributed by atoms with Crippen LogP contribution in [0.2, 0.25) is 0 Å². The van der Waals surface area contributed by atoms with Crippen molar-refractivity contribution in [2.75, 3.05) is 0 Å². The Hall–Kier alpha value is -0.220. The maximum Gasteiger partial charge on any atom is -0.0412 e. The van der Waals surface area contributed by atoms with Crippen molar-refractivity contribution in [1.29, 1.82) is 0 Å². The van der Waals surface area contributed by atoms with Gasteiger partial charge in [-0.2, -0.15) is 0 Å². The van der Waals surface area contributed by atoms with Crippen molar-refractivity contribution in [3.8, 4) is 0 Å². The molecule has 0 radical (unpaired) electrons. The molecule has 26 valence electrons. The number of hydrogen-bond acceptors (Lipinski definition) is 2. The molecule has 0 atom stereocenters. The second kappa shape index (κ2) is 1.14. The maximum atomic E-state index is 9.61. The highest BCUT2D eigenvalue weighted by Gasteiger charge is 1.58. The van der Waals surface area contributed by atoms with Crippen LogP contribution < -0.4 is 0 Å². The summed E-state index contributed by atoms with van der Waals surface area (Å²) in [6.07, 6.45) is 0. The van der Waals surface area contributed by atoms with Gasteiger partial charge in [0.25, 0.3) is 0 Å². The third-order valence-electron chi connectivity index (χ3n) is 0. The third-order valence-corrected chi connectivity index (χ3v) is 0. The van der Waals surface area contributed by atoms with Gasteiger partial charge in [0.2, 0.25) is 0 Å². The van der Waals surface area contributed by atoms with Crippen LogP contribution in [-0.4, -0.2) is 5.51 Å². The van der Waals surface area contributed by atoms with E-state index in [1.807, 2.05) is 0 Å². The molecular weight excluding hydrogens is 68.0 g/mol. The summed E-state index contributed by atoms with van der Waals surface area (Å²) in [5.74, 6) is 0. The van der Waals surface area contributed by atoms with Gasteiger partial charge in [-0.05, 0) is 5.51 Å². The minimum Gasteiger partial charge on any atom is -0.730 e. The van der Waals surface area contributed by atoms with E-state index in [0.29, 0.717) is 0 Å². The summed E-state index contributed by atoms with van der Waals surface area (Å²) >= 11 is 0. The van der Waals surface area contributed by atoms with Crippen LogP contribution in [0.15, 0.2) is 0 Å². The fourth-order valence-electron chi connectivity index (χ4n) is 0. The first-order chi connectivity index (χ1) is 1.73. The van der Waals surface area contributed by atoms with Gasteiger partial charge in [-0.15, -0.1) is 8.96 Å². The van der Waals surface area contributed by atoms with E-state index in [2.05, 4.69) is 0 Å². The van der Waals surface area contributed by atoms with E-state index in [-0.39, 0.29) is 0 Å². The van der Waals surface area contributed by atoms with Crippen LogP contribution in [0.5, 0.6) is 0 Å². The van der Waals surface area contributed by atoms with E-state index in [0.717, 1.165) is 0 Å². The minimum atomic E-state index is -2.25. The molecule has 0 amide bonds. The molecule has 4 heavy (non-hydrogen) atoms. The Balaban J connectivity index is 2.32. The smallest absolute Gasteiger partial charge is 0.0412 e. The first kappa shape index (κ1) is 3.78. The van der Waals surface area contributed by atoms with Crippen molar-refractivity contribution < 1.29 is 8.96 Å². The van der Waals surface area contributed by atoms with Crippen LogP contribution in [-0.2, 0) is 0 Å². The molecule has 0 heterocycles. The molecular formula is F2NO-. The zero-order valence-corrected chi connectivity index (χ0v) is 1.61. The monoisotopic (exact) mass is 68.0 g/mol. The second-order valence-electron chi connectivity index (χ2n) is 0.202. The molecule has 0 aliphatic heterocycles. The molecule has 0 fully saturated rings. The Morgan fingerprint density at radius 3 is 1.50 bits per heavy atom. The molecule has 2 nitrogen and oxygen atoms in total. The highest BCUT2D eigenvalue weighted by Crippen LogP contribution is 1.76. The van der Waals surface area contributed by atoms with Gasteiger partial charge in [0.15, 0.2) is 0 Å². The van der Waals surface area contributed by atoms with Crippen molar-refractivity contribution in [3.63, 3.8) is 0 Å². The second-order valence-corrected chi connectivity index (χ2v) is 0.202. The highest BCUT2D eigenvalue weighted by atomic mass is 19.4. The molecule has 0 aliphatic rings. The van der Waals surface area contributed by atoms with Crippen molar-refractivity contribution in [2.45, 2.75) is 0 Å². The predicted molar refractivity (Wildman–Crippen MR) is 7.42 cm³/mol. The van der Waals surface area contributed by atoms with Crippen LogP contribution in [0.1, 0.15) is 0 Å². The fourth-order valence-corrected chi connectivity index (χ4v) is 0. The van der Waals surface area contributed by atoms with Crippen molar-refractivity contribution >= 4 is 0 Å². The number of nitrogens with zero attached hydrogens (tertiary/aromatic N) is 1. The summed E-state index contributed by atoms with van der Waals surface area (Å²) in [6.45, 7) is 0. The molecule has 0 aliphatic carbocycles. The molecule has 0 aromatic heterocycles. The van der Waals surface area contributed by atoms with Crippen LogP contribution in [0.25, 0.3) is 0 Å². The summed E-state index contributed by atoms with van der Waals surface area (Å²) in [4.78, 5) is 0. The lowest BCUT2D eigenvalue weighted by molar-refractivity contribution is -0.101. The average molecular weight is 68.0 g/mol. The van der Waals surface area contributed by atoms with E-state index >= 15 is 0 Å². The molecule has 0 aromatic carbocycles. The van der Waals surface area contributed by atoms with E-state index in [9.17, 15) is 8.96 Å². The largest absolute Gasteiger partial charge is 0.730 e. The van der Waals surface area contributed by atoms with Gasteiger partial charge in [0.05, 0.1) is 0 Å². The molecule has 0 saturated heterocycles. The molecule has 4 heteroatoms. The SMILES string of the molecule is [O-]N(F)F. The summed E-state index contributed by atoms with van der Waals surface area (Å²) < 4.78 is 19.2. The summed E-state index contributed by atoms with van der Waals surface area (Å²) in [5.41, 5.74) is -2.25. The zero-order chi connectivity index (χ0) is 3.58. The summed E-state index contributed by atoms with van der Waals surface area (Å²) in [6, 6.07) is 0. The zero-order valence-electron chi connectivity index (χ0n) is 1.61. The van der Waals surface area contributed by atoms with E-state index in [1.165, 1.54) is 0 Å². The molecule has 0 aromatic rings. The molecule has 0 bridgehead atoms. The van der Waals surface area contributed by atoms with Gasteiger partial charge in [-0.25, -0.2) is 0 Å². The first-order valence-corrected chi connectivity index (χ1v) is 0.521. The number of hydrogen-bond donors (Lipinski definition) is 0. The Morgan fingerprint density at radius 2 is 1.50 bits per heavy atom. The lowest BCUT2D eigenvalue weighted by Gasteiger charge is -1.95. The van der Waals surface area contributed by atoms with Crippen molar-refractivity contribution in [2.24, 2.45) is 0 Å².